The van der Waals surface area contributed by atoms with Gasteiger partial charge in [0, 0.05) is 23.3 Å². The molecule has 0 atom stereocenters. The van der Waals surface area contributed by atoms with Crippen LogP contribution in [-0.2, 0) is 6.54 Å². The van der Waals surface area contributed by atoms with Gasteiger partial charge in [0.25, 0.3) is 0 Å². The molecule has 1 N–H and O–H groups in total. The molecule has 0 radical (unpaired) electrons. The number of aromatic nitrogens is 1. The fraction of sp³-hybridized carbons (Fsp3) is 0.0800. The molecule has 0 aliphatic rings. The molecule has 1 aromatic heterocycles. The van der Waals surface area contributed by atoms with Crippen LogP contribution in [0.4, 0.5) is 0 Å². The van der Waals surface area contributed by atoms with Crippen molar-refractivity contribution in [3.63, 3.8) is 0 Å². The fourth-order valence-electron chi connectivity index (χ4n) is 3.46. The van der Waals surface area contributed by atoms with Crippen LogP contribution >= 0.6 is 0 Å². The van der Waals surface area contributed by atoms with E-state index in [-0.39, 0.29) is 6.61 Å². The fourth-order valence-corrected chi connectivity index (χ4v) is 3.46. The summed E-state index contributed by atoms with van der Waals surface area (Å²) in [4.78, 5) is 0. The number of aliphatic hydroxyl groups excluding tert-OH is 1. The summed E-state index contributed by atoms with van der Waals surface area (Å²) in [5.41, 5.74) is 6.84. The van der Waals surface area contributed by atoms with Crippen LogP contribution in [0, 0.1) is 0 Å². The maximum absolute atomic E-state index is 9.73. The van der Waals surface area contributed by atoms with Gasteiger partial charge < -0.3 is 5.11 Å². The van der Waals surface area contributed by atoms with Gasteiger partial charge in [-0.1, -0.05) is 66.7 Å². The molecule has 1 heterocycles. The van der Waals surface area contributed by atoms with E-state index in [2.05, 4.69) is 89.5 Å². The van der Waals surface area contributed by atoms with E-state index in [9.17, 15) is 5.11 Å². The molecule has 0 saturated heterocycles. The van der Waals surface area contributed by atoms with E-state index in [4.69, 9.17) is 0 Å². The molecule has 4 rings (SSSR count). The summed E-state index contributed by atoms with van der Waals surface area (Å²) in [6, 6.07) is 35.6. The second-order valence-corrected chi connectivity index (χ2v) is 6.49. The smallest absolute Gasteiger partial charge is 0.213 e. The van der Waals surface area contributed by atoms with Crippen molar-refractivity contribution < 1.29 is 9.67 Å². The maximum Gasteiger partial charge on any atom is 0.213 e. The predicted molar refractivity (Wildman–Crippen MR) is 110 cm³/mol. The quantitative estimate of drug-likeness (QED) is 0.504. The second-order valence-electron chi connectivity index (χ2n) is 6.49. The number of hydrogen-bond donors (Lipinski definition) is 1. The van der Waals surface area contributed by atoms with Gasteiger partial charge in [-0.05, 0) is 35.4 Å². The van der Waals surface area contributed by atoms with E-state index in [1.807, 2.05) is 18.2 Å². The van der Waals surface area contributed by atoms with E-state index in [0.717, 1.165) is 22.5 Å². The van der Waals surface area contributed by atoms with Crippen LogP contribution in [0.5, 0.6) is 0 Å². The molecule has 0 aliphatic carbocycles. The minimum absolute atomic E-state index is 0.0923. The molecule has 2 heteroatoms. The van der Waals surface area contributed by atoms with Crippen LogP contribution < -0.4 is 4.57 Å². The minimum atomic E-state index is 0.0923. The number of aliphatic hydroxyl groups is 1. The average molecular weight is 352 g/mol. The molecule has 27 heavy (non-hydrogen) atoms. The highest BCUT2D eigenvalue weighted by Gasteiger charge is 2.22. The Morgan fingerprint density at radius 3 is 1.33 bits per heavy atom. The van der Waals surface area contributed by atoms with Crippen molar-refractivity contribution in [3.05, 3.63) is 103 Å². The predicted octanol–water partition coefficient (Wildman–Crippen LogP) is 4.97. The van der Waals surface area contributed by atoms with Crippen molar-refractivity contribution in [1.29, 1.82) is 0 Å². The first-order valence-corrected chi connectivity index (χ1v) is 9.22. The first-order valence-electron chi connectivity index (χ1n) is 9.22. The van der Waals surface area contributed by atoms with Crippen LogP contribution in [0.25, 0.3) is 33.6 Å². The van der Waals surface area contributed by atoms with Gasteiger partial charge in [-0.3, -0.25) is 0 Å². The molecular formula is C25H22NO+. The SMILES string of the molecule is OCC[n+]1c(-c2ccccc2)cc(-c2ccccc2)cc1-c1ccccc1. The summed E-state index contributed by atoms with van der Waals surface area (Å²) in [6.45, 7) is 0.637. The molecule has 0 bridgehead atoms. The Morgan fingerprint density at radius 1 is 0.519 bits per heavy atom. The van der Waals surface area contributed by atoms with Crippen LogP contribution in [0.1, 0.15) is 0 Å². The number of pyridine rings is 1. The molecule has 0 aliphatic heterocycles. The van der Waals surface area contributed by atoms with E-state index in [0.29, 0.717) is 6.54 Å². The molecule has 0 unspecified atom stereocenters. The Bertz CT molecular complexity index is 951. The summed E-state index contributed by atoms with van der Waals surface area (Å²) in [5.74, 6) is 0. The minimum Gasteiger partial charge on any atom is -0.390 e. The zero-order valence-electron chi connectivity index (χ0n) is 15.1. The highest BCUT2D eigenvalue weighted by molar-refractivity contribution is 5.73. The van der Waals surface area contributed by atoms with Gasteiger partial charge in [-0.25, -0.2) is 0 Å². The van der Waals surface area contributed by atoms with Gasteiger partial charge in [0.15, 0.2) is 6.54 Å². The zero-order valence-corrected chi connectivity index (χ0v) is 15.1. The van der Waals surface area contributed by atoms with Crippen LogP contribution in [0.3, 0.4) is 0 Å². The molecule has 0 saturated carbocycles. The van der Waals surface area contributed by atoms with Crippen molar-refractivity contribution in [2.75, 3.05) is 6.61 Å². The van der Waals surface area contributed by atoms with Crippen LogP contribution in [-0.4, -0.2) is 11.7 Å². The van der Waals surface area contributed by atoms with E-state index < -0.39 is 0 Å². The Labute approximate surface area is 160 Å². The van der Waals surface area contributed by atoms with E-state index >= 15 is 0 Å². The second kappa shape index (κ2) is 7.98. The van der Waals surface area contributed by atoms with Crippen LogP contribution in [0.2, 0.25) is 0 Å². The van der Waals surface area contributed by atoms with Crippen molar-refractivity contribution in [3.8, 4) is 33.6 Å². The lowest BCUT2D eigenvalue weighted by Gasteiger charge is -2.12. The Kier molecular flexibility index (Phi) is 5.08. The van der Waals surface area contributed by atoms with E-state index in [1.165, 1.54) is 11.1 Å². The number of rotatable bonds is 5. The third-order valence-electron chi connectivity index (χ3n) is 4.74. The molecule has 2 nitrogen and oxygen atoms in total. The first-order chi connectivity index (χ1) is 13.4. The standard InChI is InChI=1S/C25H22NO/c27-17-16-26-24(21-12-6-2-7-13-21)18-23(20-10-4-1-5-11-20)19-25(26)22-14-8-3-9-15-22/h1-15,18-19,27H,16-17H2/q+1. The average Bonchev–Trinajstić information content (AvgIpc) is 2.76. The highest BCUT2D eigenvalue weighted by atomic mass is 16.3. The highest BCUT2D eigenvalue weighted by Crippen LogP contribution is 2.28. The lowest BCUT2D eigenvalue weighted by Crippen LogP contribution is -2.40. The topological polar surface area (TPSA) is 24.1 Å². The largest absolute Gasteiger partial charge is 0.390 e. The Morgan fingerprint density at radius 2 is 0.926 bits per heavy atom. The molecule has 0 spiro atoms. The number of hydrogen-bond acceptors (Lipinski definition) is 1. The van der Waals surface area contributed by atoms with Crippen LogP contribution in [0.15, 0.2) is 103 Å². The summed E-state index contributed by atoms with van der Waals surface area (Å²) in [7, 11) is 0. The van der Waals surface area contributed by atoms with Gasteiger partial charge in [0.05, 0.1) is 0 Å². The monoisotopic (exact) mass is 352 g/mol. The third-order valence-corrected chi connectivity index (χ3v) is 4.74. The molecule has 3 aromatic carbocycles. The number of benzene rings is 3. The number of nitrogens with zero attached hydrogens (tertiary/aromatic N) is 1. The Hall–Kier alpha value is -3.23. The first kappa shape index (κ1) is 17.2. The summed E-state index contributed by atoms with van der Waals surface area (Å²) < 4.78 is 2.21. The molecule has 4 aromatic rings. The lowest BCUT2D eigenvalue weighted by atomic mass is 9.99. The van der Waals surface area contributed by atoms with Gasteiger partial charge in [0.2, 0.25) is 11.4 Å². The zero-order chi connectivity index (χ0) is 18.5. The molecule has 132 valence electrons. The van der Waals surface area contributed by atoms with Crippen molar-refractivity contribution in [2.24, 2.45) is 0 Å². The van der Waals surface area contributed by atoms with Crippen molar-refractivity contribution >= 4 is 0 Å². The molecular weight excluding hydrogens is 330 g/mol. The summed E-state index contributed by atoms with van der Waals surface area (Å²) >= 11 is 0. The van der Waals surface area contributed by atoms with Gasteiger partial charge in [-0.2, -0.15) is 4.57 Å². The van der Waals surface area contributed by atoms with Gasteiger partial charge >= 0.3 is 0 Å². The summed E-state index contributed by atoms with van der Waals surface area (Å²) in [5, 5.41) is 9.73. The van der Waals surface area contributed by atoms with Crippen molar-refractivity contribution in [2.45, 2.75) is 6.54 Å². The Balaban J connectivity index is 2.01. The molecule has 0 amide bonds. The van der Waals surface area contributed by atoms with Gasteiger partial charge in [-0.15, -0.1) is 0 Å². The lowest BCUT2D eigenvalue weighted by molar-refractivity contribution is -0.676. The van der Waals surface area contributed by atoms with Crippen molar-refractivity contribution in [1.82, 2.24) is 0 Å². The maximum atomic E-state index is 9.73. The normalized spacial score (nSPS) is 10.7. The molecule has 0 fully saturated rings. The third kappa shape index (κ3) is 3.67. The van der Waals surface area contributed by atoms with Gasteiger partial charge in [0.1, 0.15) is 6.61 Å². The summed E-state index contributed by atoms with van der Waals surface area (Å²) in [6.07, 6.45) is 0. The van der Waals surface area contributed by atoms with E-state index in [1.54, 1.807) is 0 Å².